The summed E-state index contributed by atoms with van der Waals surface area (Å²) in [5.41, 5.74) is 7.78. The van der Waals surface area contributed by atoms with Crippen LogP contribution in [0.25, 0.3) is 11.2 Å². The molecule has 0 aliphatic rings. The van der Waals surface area contributed by atoms with E-state index in [2.05, 4.69) is 37.0 Å². The predicted octanol–water partition coefficient (Wildman–Crippen LogP) is 3.65. The standard InChI is InChI=1S/C30H45N8O6P/c1-7-14-32-26-25-27(35-30(31)34-26)38(18-33-25)15-16-42-19-45(41,36-23(8-2)28(39)43-20(3)4)37-24(29(40)44-21(5)6)17-22-12-10-9-11-13-22/h7,9-13,18,20-21,23-24H,1,8,14-17,19H2,2-6H3,(H2,36,37,41)(H3,31,32,34,35). The molecule has 0 aliphatic heterocycles. The maximum atomic E-state index is 14.5. The van der Waals surface area contributed by atoms with Gasteiger partial charge in [-0.2, -0.15) is 9.97 Å². The van der Waals surface area contributed by atoms with Crippen molar-refractivity contribution in [2.75, 3.05) is 30.6 Å². The Balaban J connectivity index is 1.82. The zero-order valence-electron chi connectivity index (χ0n) is 26.6. The Morgan fingerprint density at radius 1 is 1.04 bits per heavy atom. The minimum Gasteiger partial charge on any atom is -0.462 e. The normalized spacial score (nSPS) is 14.2. The lowest BCUT2D eigenvalue weighted by molar-refractivity contribution is -0.150. The van der Waals surface area contributed by atoms with Crippen LogP contribution in [0.4, 0.5) is 11.8 Å². The van der Waals surface area contributed by atoms with Crippen LogP contribution in [0.1, 0.15) is 46.6 Å². The summed E-state index contributed by atoms with van der Waals surface area (Å²) in [6, 6.07) is 7.41. The summed E-state index contributed by atoms with van der Waals surface area (Å²) in [4.78, 5) is 39.0. The van der Waals surface area contributed by atoms with Crippen LogP contribution in [0.5, 0.6) is 0 Å². The zero-order chi connectivity index (χ0) is 33.0. The van der Waals surface area contributed by atoms with Gasteiger partial charge in [-0.15, -0.1) is 6.58 Å². The van der Waals surface area contributed by atoms with E-state index < -0.39 is 31.5 Å². The number of nitrogens with one attached hydrogen (secondary N) is 3. The van der Waals surface area contributed by atoms with Gasteiger partial charge in [-0.25, -0.2) is 15.2 Å². The minimum absolute atomic E-state index is 0.0752. The van der Waals surface area contributed by atoms with E-state index in [0.29, 0.717) is 36.5 Å². The highest BCUT2D eigenvalue weighted by Gasteiger charge is 2.35. The second-order valence-electron chi connectivity index (χ2n) is 10.9. The fourth-order valence-corrected chi connectivity index (χ4v) is 6.46. The quantitative estimate of drug-likeness (QED) is 0.0642. The first-order valence-corrected chi connectivity index (χ1v) is 16.8. The summed E-state index contributed by atoms with van der Waals surface area (Å²) >= 11 is 0. The lowest BCUT2D eigenvalue weighted by Gasteiger charge is -2.29. The van der Waals surface area contributed by atoms with E-state index in [-0.39, 0.29) is 37.5 Å². The van der Waals surface area contributed by atoms with Crippen LogP contribution in [0.2, 0.25) is 0 Å². The van der Waals surface area contributed by atoms with Crippen molar-refractivity contribution < 1.29 is 28.4 Å². The number of hydrogen-bond acceptors (Lipinski definition) is 11. The number of carbonyl (C=O) groups excluding carboxylic acids is 2. The first-order valence-electron chi connectivity index (χ1n) is 14.9. The van der Waals surface area contributed by atoms with Crippen LogP contribution in [-0.2, 0) is 41.3 Å². The van der Waals surface area contributed by atoms with Crippen molar-refractivity contribution in [1.82, 2.24) is 29.7 Å². The highest BCUT2D eigenvalue weighted by Crippen LogP contribution is 2.39. The number of aromatic nitrogens is 4. The fourth-order valence-electron chi connectivity index (χ4n) is 4.36. The molecule has 0 radical (unpaired) electrons. The van der Waals surface area contributed by atoms with Gasteiger partial charge in [0.25, 0.3) is 0 Å². The first kappa shape index (κ1) is 35.6. The van der Waals surface area contributed by atoms with Crippen LogP contribution >= 0.6 is 7.44 Å². The van der Waals surface area contributed by atoms with Gasteiger partial charge >= 0.3 is 11.9 Å². The van der Waals surface area contributed by atoms with E-state index in [1.807, 2.05) is 30.3 Å². The molecule has 15 heteroatoms. The van der Waals surface area contributed by atoms with Crippen molar-refractivity contribution in [2.45, 2.75) is 78.3 Å². The molecular weight excluding hydrogens is 599 g/mol. The van der Waals surface area contributed by atoms with Gasteiger partial charge in [0.05, 0.1) is 25.1 Å². The van der Waals surface area contributed by atoms with Crippen LogP contribution in [0, 0.1) is 0 Å². The van der Waals surface area contributed by atoms with E-state index in [9.17, 15) is 14.2 Å². The molecule has 0 aliphatic carbocycles. The summed E-state index contributed by atoms with van der Waals surface area (Å²) in [5, 5.41) is 9.01. The predicted molar refractivity (Wildman–Crippen MR) is 174 cm³/mol. The van der Waals surface area contributed by atoms with E-state index in [1.54, 1.807) is 51.6 Å². The molecule has 0 amide bonds. The summed E-state index contributed by atoms with van der Waals surface area (Å²) in [6.07, 6.45) is 2.68. The van der Waals surface area contributed by atoms with Gasteiger partial charge in [-0.3, -0.25) is 14.2 Å². The van der Waals surface area contributed by atoms with Crippen LogP contribution < -0.4 is 21.2 Å². The molecule has 0 fully saturated rings. The number of esters is 2. The van der Waals surface area contributed by atoms with Crippen LogP contribution in [0.15, 0.2) is 49.3 Å². The maximum absolute atomic E-state index is 14.5. The highest BCUT2D eigenvalue weighted by atomic mass is 31.2. The summed E-state index contributed by atoms with van der Waals surface area (Å²) < 4.78 is 33.0. The Kier molecular flexibility index (Phi) is 13.5. The number of anilines is 2. The van der Waals surface area contributed by atoms with Crippen molar-refractivity contribution in [1.29, 1.82) is 0 Å². The van der Waals surface area contributed by atoms with E-state index in [4.69, 9.17) is 19.9 Å². The Labute approximate surface area is 264 Å². The number of nitrogens with two attached hydrogens (primary N) is 1. The van der Waals surface area contributed by atoms with Gasteiger partial charge in [0.1, 0.15) is 18.4 Å². The molecule has 1 aromatic carbocycles. The topological polar surface area (TPSA) is 185 Å². The number of rotatable bonds is 19. The minimum atomic E-state index is -3.78. The fraction of sp³-hybridized carbons (Fsp3) is 0.500. The van der Waals surface area contributed by atoms with Gasteiger partial charge in [0.2, 0.25) is 13.4 Å². The van der Waals surface area contributed by atoms with Gasteiger partial charge in [-0.1, -0.05) is 43.3 Å². The number of imidazole rings is 1. The Morgan fingerprint density at radius 3 is 2.31 bits per heavy atom. The number of nitrogen functional groups attached to an aromatic ring is 1. The number of ether oxygens (including phenoxy) is 3. The zero-order valence-corrected chi connectivity index (χ0v) is 27.5. The Morgan fingerprint density at radius 2 is 1.69 bits per heavy atom. The molecule has 45 heavy (non-hydrogen) atoms. The molecule has 14 nitrogen and oxygen atoms in total. The van der Waals surface area contributed by atoms with Crippen molar-refractivity contribution >= 4 is 42.3 Å². The molecule has 5 N–H and O–H groups in total. The second-order valence-corrected chi connectivity index (χ2v) is 13.2. The molecular formula is C30H45N8O6P. The molecule has 3 atom stereocenters. The molecule has 0 saturated carbocycles. The largest absolute Gasteiger partial charge is 0.462 e. The third-order valence-corrected chi connectivity index (χ3v) is 8.34. The number of hydrogen-bond donors (Lipinski definition) is 4. The number of benzene rings is 1. The highest BCUT2D eigenvalue weighted by molar-refractivity contribution is 7.59. The molecule has 0 bridgehead atoms. The number of fused-ring (bicyclic) bond motifs is 1. The van der Waals surface area contributed by atoms with Gasteiger partial charge < -0.3 is 29.8 Å². The van der Waals surface area contributed by atoms with Crippen LogP contribution in [0.3, 0.4) is 0 Å². The lowest BCUT2D eigenvalue weighted by Crippen LogP contribution is -2.46. The average Bonchev–Trinajstić information content (AvgIpc) is 3.39. The van der Waals surface area contributed by atoms with Crippen molar-refractivity contribution in [2.24, 2.45) is 0 Å². The maximum Gasteiger partial charge on any atom is 0.324 e. The second kappa shape index (κ2) is 17.0. The number of carbonyl (C=O) groups is 2. The van der Waals surface area contributed by atoms with Gasteiger partial charge in [0.15, 0.2) is 17.0 Å². The Hall–Kier alpha value is -3.84. The molecule has 3 rings (SSSR count). The van der Waals surface area contributed by atoms with Gasteiger partial charge in [0, 0.05) is 13.1 Å². The third kappa shape index (κ3) is 10.9. The molecule has 2 aromatic heterocycles. The van der Waals surface area contributed by atoms with E-state index >= 15 is 0 Å². The van der Waals surface area contributed by atoms with Crippen molar-refractivity contribution in [3.63, 3.8) is 0 Å². The van der Waals surface area contributed by atoms with E-state index in [0.717, 1.165) is 5.56 Å². The molecule has 3 unspecified atom stereocenters. The molecule has 2 heterocycles. The summed E-state index contributed by atoms with van der Waals surface area (Å²) in [7, 11) is -3.78. The van der Waals surface area contributed by atoms with Crippen molar-refractivity contribution in [3.05, 3.63) is 54.9 Å². The molecule has 3 aromatic rings. The first-order chi connectivity index (χ1) is 21.4. The van der Waals surface area contributed by atoms with Crippen molar-refractivity contribution in [3.8, 4) is 0 Å². The number of nitrogens with zero attached hydrogens (tertiary/aromatic N) is 4. The summed E-state index contributed by atoms with van der Waals surface area (Å²) in [5.74, 6) is -0.573. The Bertz CT molecular complexity index is 1470. The van der Waals surface area contributed by atoms with Crippen LogP contribution in [-0.4, -0.2) is 75.2 Å². The molecule has 0 spiro atoms. The third-order valence-electron chi connectivity index (χ3n) is 6.34. The molecule has 0 saturated heterocycles. The molecule has 246 valence electrons. The SMILES string of the molecule is C=CCNc1nc(N)nc2c1ncn2CCOCP(=O)(NC(CC)C(=O)OC(C)C)NC(Cc1ccccc1)C(=O)OC(C)C. The van der Waals surface area contributed by atoms with E-state index in [1.165, 1.54) is 0 Å². The lowest BCUT2D eigenvalue weighted by atomic mass is 10.1. The monoisotopic (exact) mass is 644 g/mol. The smallest absolute Gasteiger partial charge is 0.324 e. The summed E-state index contributed by atoms with van der Waals surface area (Å²) in [6.45, 7) is 13.3. The average molecular weight is 645 g/mol. The van der Waals surface area contributed by atoms with Gasteiger partial charge in [-0.05, 0) is 46.1 Å².